The van der Waals surface area contributed by atoms with Crippen LogP contribution in [0.4, 0.5) is 10.1 Å². The summed E-state index contributed by atoms with van der Waals surface area (Å²) in [6.07, 6.45) is -1.02. The Kier molecular flexibility index (Phi) is 6.09. The molecule has 3 aromatic carbocycles. The minimum Gasteiger partial charge on any atom is -0.497 e. The lowest BCUT2D eigenvalue weighted by atomic mass is 9.93. The molecule has 1 amide bonds. The van der Waals surface area contributed by atoms with Crippen LogP contribution in [0.5, 0.6) is 5.75 Å². The molecule has 0 saturated heterocycles. The average Bonchev–Trinajstić information content (AvgIpc) is 2.71. The van der Waals surface area contributed by atoms with Gasteiger partial charge in [-0.25, -0.2) is 4.39 Å². The maximum Gasteiger partial charge on any atom is 0.256 e. The van der Waals surface area contributed by atoms with Crippen molar-refractivity contribution in [1.82, 2.24) is 0 Å². The molecule has 0 aliphatic rings. The van der Waals surface area contributed by atoms with Crippen LogP contribution in [0.1, 0.15) is 38.8 Å². The highest BCUT2D eigenvalue weighted by atomic mass is 19.1. The number of anilines is 1. The van der Waals surface area contributed by atoms with Crippen molar-refractivity contribution < 1.29 is 13.9 Å². The Hall–Kier alpha value is -3.14. The van der Waals surface area contributed by atoms with Crippen molar-refractivity contribution in [1.29, 1.82) is 0 Å². The topological polar surface area (TPSA) is 38.3 Å². The first-order valence-electron chi connectivity index (χ1n) is 9.23. The molecule has 0 fully saturated rings. The molecule has 3 aromatic rings. The number of hydrogen-bond donors (Lipinski definition) is 1. The van der Waals surface area contributed by atoms with E-state index < -0.39 is 6.17 Å². The van der Waals surface area contributed by atoms with E-state index in [2.05, 4.69) is 5.32 Å². The van der Waals surface area contributed by atoms with Crippen LogP contribution in [0.3, 0.4) is 0 Å². The highest BCUT2D eigenvalue weighted by molar-refractivity contribution is 6.05. The molecule has 3 rings (SSSR count). The second-order valence-corrected chi connectivity index (χ2v) is 6.81. The van der Waals surface area contributed by atoms with Gasteiger partial charge in [-0.1, -0.05) is 36.4 Å². The van der Waals surface area contributed by atoms with Crippen molar-refractivity contribution in [2.75, 3.05) is 12.4 Å². The molecule has 0 bridgehead atoms. The van der Waals surface area contributed by atoms with Gasteiger partial charge in [0.05, 0.1) is 7.11 Å². The maximum atomic E-state index is 15.2. The summed E-state index contributed by atoms with van der Waals surface area (Å²) in [4.78, 5) is 12.8. The Labute approximate surface area is 165 Å². The summed E-state index contributed by atoms with van der Waals surface area (Å²) in [5.41, 5.74) is 4.48. The summed E-state index contributed by atoms with van der Waals surface area (Å²) in [6, 6.07) is 19.8. The summed E-state index contributed by atoms with van der Waals surface area (Å²) < 4.78 is 20.4. The first-order chi connectivity index (χ1) is 13.5. The largest absolute Gasteiger partial charge is 0.497 e. The van der Waals surface area contributed by atoms with Crippen molar-refractivity contribution in [3.05, 3.63) is 94.5 Å². The van der Waals surface area contributed by atoms with Crippen molar-refractivity contribution in [3.8, 4) is 5.75 Å². The van der Waals surface area contributed by atoms with E-state index in [9.17, 15) is 4.79 Å². The summed E-state index contributed by atoms with van der Waals surface area (Å²) in [7, 11) is 1.58. The van der Waals surface area contributed by atoms with Crippen LogP contribution in [0.25, 0.3) is 0 Å². The van der Waals surface area contributed by atoms with E-state index >= 15 is 4.39 Å². The minimum atomic E-state index is -1.27. The van der Waals surface area contributed by atoms with Crippen molar-refractivity contribution in [3.63, 3.8) is 0 Å². The van der Waals surface area contributed by atoms with Gasteiger partial charge in [0, 0.05) is 17.7 Å². The number of carbonyl (C=O) groups excluding carboxylic acids is 1. The molecule has 3 nitrogen and oxygen atoms in total. The van der Waals surface area contributed by atoms with Gasteiger partial charge in [-0.3, -0.25) is 4.79 Å². The number of amides is 1. The number of hydrogen-bond acceptors (Lipinski definition) is 2. The summed E-state index contributed by atoms with van der Waals surface area (Å²) >= 11 is 0. The van der Waals surface area contributed by atoms with Crippen LogP contribution >= 0.6 is 0 Å². The molecule has 1 atom stereocenters. The number of aryl methyl sites for hydroxylation is 2. The molecule has 0 saturated carbocycles. The Bertz CT molecular complexity index is 946. The third-order valence-corrected chi connectivity index (χ3v) is 4.92. The van der Waals surface area contributed by atoms with E-state index in [1.54, 1.807) is 55.6 Å². The predicted octanol–water partition coefficient (Wildman–Crippen LogP) is 5.82. The number of ether oxygens (including phenoxy) is 1. The first-order valence-corrected chi connectivity index (χ1v) is 9.23. The third kappa shape index (κ3) is 4.39. The fourth-order valence-corrected chi connectivity index (χ4v) is 3.31. The van der Waals surface area contributed by atoms with Crippen molar-refractivity contribution in [2.45, 2.75) is 26.4 Å². The minimum absolute atomic E-state index is 0.241. The van der Waals surface area contributed by atoms with Crippen LogP contribution in [-0.2, 0) is 6.42 Å². The molecule has 4 heteroatoms. The van der Waals surface area contributed by atoms with Gasteiger partial charge in [0.15, 0.2) is 0 Å². The van der Waals surface area contributed by atoms with Crippen molar-refractivity contribution >= 4 is 11.6 Å². The highest BCUT2D eigenvalue weighted by Gasteiger charge is 2.20. The highest BCUT2D eigenvalue weighted by Crippen LogP contribution is 2.29. The zero-order chi connectivity index (χ0) is 20.1. The number of rotatable bonds is 6. The Balaban J connectivity index is 1.82. The quantitative estimate of drug-likeness (QED) is 0.588. The van der Waals surface area contributed by atoms with E-state index in [0.717, 1.165) is 16.7 Å². The Morgan fingerprint density at radius 2 is 1.61 bits per heavy atom. The number of alkyl halides is 1. The monoisotopic (exact) mass is 377 g/mol. The van der Waals surface area contributed by atoms with Crippen LogP contribution < -0.4 is 10.1 Å². The van der Waals surface area contributed by atoms with Crippen LogP contribution in [-0.4, -0.2) is 13.0 Å². The lowest BCUT2D eigenvalue weighted by Crippen LogP contribution is -2.15. The van der Waals surface area contributed by atoms with Gasteiger partial charge < -0.3 is 10.1 Å². The van der Waals surface area contributed by atoms with E-state index in [-0.39, 0.29) is 12.3 Å². The summed E-state index contributed by atoms with van der Waals surface area (Å²) in [6.45, 7) is 3.97. The molecule has 0 unspecified atom stereocenters. The molecule has 0 heterocycles. The lowest BCUT2D eigenvalue weighted by Gasteiger charge is -2.16. The number of halogens is 1. The molecule has 0 aliphatic carbocycles. The number of benzene rings is 3. The van der Waals surface area contributed by atoms with Gasteiger partial charge in [0.2, 0.25) is 0 Å². The zero-order valence-corrected chi connectivity index (χ0v) is 16.3. The van der Waals surface area contributed by atoms with Gasteiger partial charge in [0.25, 0.3) is 5.91 Å². The fourth-order valence-electron chi connectivity index (χ4n) is 3.31. The van der Waals surface area contributed by atoms with Gasteiger partial charge in [0.1, 0.15) is 11.9 Å². The third-order valence-electron chi connectivity index (χ3n) is 4.92. The molecular formula is C24H24FNO2. The van der Waals surface area contributed by atoms with E-state index in [1.807, 2.05) is 32.0 Å². The molecule has 0 aromatic heterocycles. The molecule has 1 N–H and O–H groups in total. The van der Waals surface area contributed by atoms with Crippen LogP contribution in [0.15, 0.2) is 66.7 Å². The van der Waals surface area contributed by atoms with E-state index in [1.165, 1.54) is 0 Å². The molecule has 144 valence electrons. The number of methoxy groups -OCH3 is 1. The standard InChI is InChI=1S/C24H24FNO2/c1-16-7-6-8-17(2)22(16)15-23(25)20-9-4-5-10-21(20)24(27)26-18-11-13-19(28-3)14-12-18/h4-14,23H,15H2,1-3H3,(H,26,27)/t23-/m1/s1. The van der Waals surface area contributed by atoms with E-state index in [4.69, 9.17) is 4.74 Å². The van der Waals surface area contributed by atoms with Crippen LogP contribution in [0, 0.1) is 13.8 Å². The SMILES string of the molecule is COc1ccc(NC(=O)c2ccccc2[C@H](F)Cc2c(C)cccc2C)cc1. The van der Waals surface area contributed by atoms with Crippen LogP contribution in [0.2, 0.25) is 0 Å². The average molecular weight is 377 g/mol. The molecule has 28 heavy (non-hydrogen) atoms. The maximum absolute atomic E-state index is 15.2. The second kappa shape index (κ2) is 8.70. The van der Waals surface area contributed by atoms with Gasteiger partial charge >= 0.3 is 0 Å². The zero-order valence-electron chi connectivity index (χ0n) is 16.3. The van der Waals surface area contributed by atoms with E-state index in [0.29, 0.717) is 22.6 Å². The normalized spacial score (nSPS) is 11.7. The lowest BCUT2D eigenvalue weighted by molar-refractivity contribution is 0.102. The summed E-state index contributed by atoms with van der Waals surface area (Å²) in [5.74, 6) is 0.376. The van der Waals surface area contributed by atoms with Gasteiger partial charge in [-0.05, 0) is 66.4 Å². The summed E-state index contributed by atoms with van der Waals surface area (Å²) in [5, 5.41) is 2.83. The Morgan fingerprint density at radius 3 is 2.25 bits per heavy atom. The first kappa shape index (κ1) is 19.6. The molecular weight excluding hydrogens is 353 g/mol. The number of nitrogens with one attached hydrogen (secondary N) is 1. The molecule has 0 spiro atoms. The van der Waals surface area contributed by atoms with Crippen molar-refractivity contribution in [2.24, 2.45) is 0 Å². The number of carbonyl (C=O) groups is 1. The van der Waals surface area contributed by atoms with Gasteiger partial charge in [-0.15, -0.1) is 0 Å². The second-order valence-electron chi connectivity index (χ2n) is 6.81. The molecule has 0 aliphatic heterocycles. The smallest absolute Gasteiger partial charge is 0.256 e. The van der Waals surface area contributed by atoms with Gasteiger partial charge in [-0.2, -0.15) is 0 Å². The fraction of sp³-hybridized carbons (Fsp3) is 0.208. The Morgan fingerprint density at radius 1 is 0.964 bits per heavy atom. The predicted molar refractivity (Wildman–Crippen MR) is 111 cm³/mol. The molecule has 0 radical (unpaired) electrons.